The molecule has 0 aliphatic carbocycles. The number of methoxy groups -OCH3 is 2. The van der Waals surface area contributed by atoms with Crippen molar-refractivity contribution in [1.29, 1.82) is 0 Å². The molecule has 2 aromatic rings. The summed E-state index contributed by atoms with van der Waals surface area (Å²) in [6.45, 7) is 2.68. The molecule has 21 heavy (non-hydrogen) atoms. The number of nitrogens with two attached hydrogens (primary N) is 1. The van der Waals surface area contributed by atoms with E-state index in [1.807, 2.05) is 18.2 Å². The third-order valence-electron chi connectivity index (χ3n) is 3.18. The van der Waals surface area contributed by atoms with Crippen LogP contribution in [0.5, 0.6) is 5.75 Å². The van der Waals surface area contributed by atoms with Crippen LogP contribution in [0, 0.1) is 6.92 Å². The van der Waals surface area contributed by atoms with Gasteiger partial charge in [-0.25, -0.2) is 4.79 Å². The van der Waals surface area contributed by atoms with Gasteiger partial charge in [0.15, 0.2) is 5.75 Å². The second kappa shape index (κ2) is 6.49. The van der Waals surface area contributed by atoms with E-state index in [-0.39, 0.29) is 0 Å². The van der Waals surface area contributed by atoms with Gasteiger partial charge in [-0.1, -0.05) is 24.3 Å². The second-order valence-corrected chi connectivity index (χ2v) is 5.50. The highest BCUT2D eigenvalue weighted by Crippen LogP contribution is 2.42. The van der Waals surface area contributed by atoms with E-state index in [2.05, 4.69) is 18.3 Å². The summed E-state index contributed by atoms with van der Waals surface area (Å²) in [4.78, 5) is 12.0. The smallest absolute Gasteiger partial charge is 0.350 e. The quantitative estimate of drug-likeness (QED) is 0.831. The molecule has 5 nitrogen and oxygen atoms in total. The largest absolute Gasteiger partial charge is 0.492 e. The number of rotatable bonds is 5. The maximum Gasteiger partial charge on any atom is 0.350 e. The Morgan fingerprint density at radius 3 is 2.67 bits per heavy atom. The van der Waals surface area contributed by atoms with Gasteiger partial charge in [0, 0.05) is 6.54 Å². The molecule has 1 aromatic heterocycles. The Morgan fingerprint density at radius 2 is 2.05 bits per heavy atom. The number of nitrogens with one attached hydrogen (secondary N) is 1. The van der Waals surface area contributed by atoms with Crippen LogP contribution in [0.25, 0.3) is 0 Å². The van der Waals surface area contributed by atoms with E-state index >= 15 is 0 Å². The summed E-state index contributed by atoms with van der Waals surface area (Å²) < 4.78 is 10.0. The lowest BCUT2D eigenvalue weighted by molar-refractivity contribution is 0.0607. The Kier molecular flexibility index (Phi) is 4.70. The Labute approximate surface area is 127 Å². The Morgan fingerprint density at radius 1 is 1.33 bits per heavy atom. The number of carbonyl (C=O) groups excluding carboxylic acids is 1. The third kappa shape index (κ3) is 3.11. The van der Waals surface area contributed by atoms with Gasteiger partial charge in [-0.2, -0.15) is 0 Å². The van der Waals surface area contributed by atoms with Gasteiger partial charge in [-0.05, 0) is 18.1 Å². The molecule has 0 saturated carbocycles. The van der Waals surface area contributed by atoms with Gasteiger partial charge in [0.25, 0.3) is 0 Å². The Balaban J connectivity index is 2.24. The lowest BCUT2D eigenvalue weighted by Crippen LogP contribution is -2.02. The average Bonchev–Trinajstić information content (AvgIpc) is 2.81. The molecule has 0 atom stereocenters. The molecule has 0 bridgehead atoms. The molecule has 2 rings (SSSR count). The van der Waals surface area contributed by atoms with Crippen molar-refractivity contribution in [1.82, 2.24) is 0 Å². The molecule has 1 heterocycles. The van der Waals surface area contributed by atoms with E-state index in [1.165, 1.54) is 36.7 Å². The first-order valence-electron chi connectivity index (χ1n) is 6.41. The summed E-state index contributed by atoms with van der Waals surface area (Å²) in [6.07, 6.45) is 0. The number of aryl methyl sites for hydroxylation is 1. The zero-order valence-corrected chi connectivity index (χ0v) is 13.0. The minimum absolute atomic E-state index is 0.307. The van der Waals surface area contributed by atoms with E-state index in [1.54, 1.807) is 0 Å². The Hall–Kier alpha value is -2.21. The molecule has 0 spiro atoms. The fourth-order valence-corrected chi connectivity index (χ4v) is 2.98. The van der Waals surface area contributed by atoms with Crippen LogP contribution in [0.2, 0.25) is 0 Å². The summed E-state index contributed by atoms with van der Waals surface area (Å²) in [5.41, 5.74) is 8.61. The molecule has 0 aliphatic rings. The molecule has 0 saturated heterocycles. The predicted molar refractivity (Wildman–Crippen MR) is 85.1 cm³/mol. The van der Waals surface area contributed by atoms with E-state index in [4.69, 9.17) is 15.2 Å². The van der Waals surface area contributed by atoms with Crippen molar-refractivity contribution >= 4 is 28.0 Å². The van der Waals surface area contributed by atoms with E-state index in [0.717, 1.165) is 5.00 Å². The maximum atomic E-state index is 11.7. The van der Waals surface area contributed by atoms with Gasteiger partial charge in [0.1, 0.15) is 15.6 Å². The van der Waals surface area contributed by atoms with Crippen LogP contribution in [0.15, 0.2) is 24.3 Å². The van der Waals surface area contributed by atoms with Crippen molar-refractivity contribution in [2.75, 3.05) is 25.3 Å². The highest BCUT2D eigenvalue weighted by molar-refractivity contribution is 7.19. The van der Waals surface area contributed by atoms with Crippen LogP contribution in [0.3, 0.4) is 0 Å². The summed E-state index contributed by atoms with van der Waals surface area (Å²) in [5, 5.41) is 3.99. The highest BCUT2D eigenvalue weighted by atomic mass is 32.1. The number of anilines is 2. The first-order chi connectivity index (χ1) is 10.1. The van der Waals surface area contributed by atoms with E-state index in [0.29, 0.717) is 22.9 Å². The van der Waals surface area contributed by atoms with Crippen LogP contribution in [0.4, 0.5) is 10.7 Å². The highest BCUT2D eigenvalue weighted by Gasteiger charge is 2.22. The van der Waals surface area contributed by atoms with E-state index < -0.39 is 5.97 Å². The molecule has 0 radical (unpaired) electrons. The molecule has 0 unspecified atom stereocenters. The average molecular weight is 306 g/mol. The van der Waals surface area contributed by atoms with Gasteiger partial charge >= 0.3 is 5.97 Å². The molecular formula is C15H18N2O3S. The number of hydrogen-bond donors (Lipinski definition) is 2. The van der Waals surface area contributed by atoms with Crippen molar-refractivity contribution in [3.05, 3.63) is 40.3 Å². The third-order valence-corrected chi connectivity index (χ3v) is 4.30. The van der Waals surface area contributed by atoms with E-state index in [9.17, 15) is 4.79 Å². The number of ether oxygens (including phenoxy) is 2. The van der Waals surface area contributed by atoms with Crippen molar-refractivity contribution in [3.63, 3.8) is 0 Å². The van der Waals surface area contributed by atoms with Crippen molar-refractivity contribution < 1.29 is 14.3 Å². The summed E-state index contributed by atoms with van der Waals surface area (Å²) in [6, 6.07) is 8.09. The van der Waals surface area contributed by atoms with Crippen LogP contribution in [-0.4, -0.2) is 20.2 Å². The number of benzene rings is 1. The standard InChI is InChI=1S/C15H18N2O3S/c1-9-6-4-5-7-10(9)8-17-14-12(19-2)11(16)13(21-14)15(18)20-3/h4-7,17H,8,16H2,1-3H3. The fourth-order valence-electron chi connectivity index (χ4n) is 1.98. The van der Waals surface area contributed by atoms with Gasteiger partial charge in [-0.3, -0.25) is 0 Å². The zero-order valence-electron chi connectivity index (χ0n) is 12.2. The lowest BCUT2D eigenvalue weighted by atomic mass is 10.1. The van der Waals surface area contributed by atoms with Gasteiger partial charge in [-0.15, -0.1) is 11.3 Å². The van der Waals surface area contributed by atoms with Crippen molar-refractivity contribution in [2.24, 2.45) is 0 Å². The van der Waals surface area contributed by atoms with Gasteiger partial charge < -0.3 is 20.5 Å². The first kappa shape index (κ1) is 15.2. The first-order valence-corrected chi connectivity index (χ1v) is 7.23. The topological polar surface area (TPSA) is 73.6 Å². The monoisotopic (exact) mass is 306 g/mol. The van der Waals surface area contributed by atoms with Crippen molar-refractivity contribution in [3.8, 4) is 5.75 Å². The summed E-state index contributed by atoms with van der Waals surface area (Å²) in [7, 11) is 2.85. The van der Waals surface area contributed by atoms with Crippen LogP contribution >= 0.6 is 11.3 Å². The number of thiophene rings is 1. The van der Waals surface area contributed by atoms with Crippen LogP contribution in [0.1, 0.15) is 20.8 Å². The fraction of sp³-hybridized carbons (Fsp3) is 0.267. The molecular weight excluding hydrogens is 288 g/mol. The number of carbonyl (C=O) groups is 1. The van der Waals surface area contributed by atoms with Gasteiger partial charge in [0.2, 0.25) is 0 Å². The molecule has 112 valence electrons. The zero-order chi connectivity index (χ0) is 15.4. The lowest BCUT2D eigenvalue weighted by Gasteiger charge is -2.09. The van der Waals surface area contributed by atoms with Crippen LogP contribution in [-0.2, 0) is 11.3 Å². The molecule has 0 fully saturated rings. The summed E-state index contributed by atoms with van der Waals surface area (Å²) >= 11 is 1.23. The molecule has 0 aliphatic heterocycles. The SMILES string of the molecule is COC(=O)c1sc(NCc2ccccc2C)c(OC)c1N. The number of esters is 1. The number of hydrogen-bond acceptors (Lipinski definition) is 6. The Bertz CT molecular complexity index is 652. The molecule has 0 amide bonds. The van der Waals surface area contributed by atoms with Gasteiger partial charge in [0.05, 0.1) is 14.2 Å². The maximum absolute atomic E-state index is 11.7. The van der Waals surface area contributed by atoms with Crippen molar-refractivity contribution in [2.45, 2.75) is 13.5 Å². The minimum Gasteiger partial charge on any atom is -0.492 e. The molecule has 6 heteroatoms. The molecule has 1 aromatic carbocycles. The normalized spacial score (nSPS) is 10.2. The second-order valence-electron chi connectivity index (χ2n) is 4.48. The minimum atomic E-state index is -0.459. The number of nitrogen functional groups attached to an aromatic ring is 1. The molecule has 3 N–H and O–H groups in total. The van der Waals surface area contributed by atoms with Crippen LogP contribution < -0.4 is 15.8 Å². The summed E-state index contributed by atoms with van der Waals surface area (Å²) in [5.74, 6) is 0.0220. The predicted octanol–water partition coefficient (Wildman–Crippen LogP) is 3.05.